The van der Waals surface area contributed by atoms with E-state index in [1.165, 1.54) is 6.07 Å². The Labute approximate surface area is 189 Å². The molecule has 2 N–H and O–H groups in total. The van der Waals surface area contributed by atoms with E-state index < -0.39 is 39.6 Å². The van der Waals surface area contributed by atoms with E-state index in [9.17, 15) is 38.3 Å². The zero-order valence-corrected chi connectivity index (χ0v) is 18.3. The van der Waals surface area contributed by atoms with Gasteiger partial charge in [-0.05, 0) is 24.3 Å². The van der Waals surface area contributed by atoms with E-state index in [1.54, 1.807) is 6.07 Å². The minimum Gasteiger partial charge on any atom is -0.504 e. The van der Waals surface area contributed by atoms with Gasteiger partial charge >= 0.3 is 11.9 Å². The number of carbonyl (C=O) groups is 1. The van der Waals surface area contributed by atoms with Gasteiger partial charge in [-0.3, -0.25) is 19.8 Å². The van der Waals surface area contributed by atoms with Gasteiger partial charge in [0.2, 0.25) is 5.75 Å². The summed E-state index contributed by atoms with van der Waals surface area (Å²) in [5.41, 5.74) is -1.05. The fourth-order valence-electron chi connectivity index (χ4n) is 3.42. The van der Waals surface area contributed by atoms with Gasteiger partial charge in [0.15, 0.2) is 11.5 Å². The van der Waals surface area contributed by atoms with Gasteiger partial charge in [0.1, 0.15) is 0 Å². The van der Waals surface area contributed by atoms with E-state index in [0.29, 0.717) is 38.4 Å². The third-order valence-corrected chi connectivity index (χ3v) is 5.15. The highest BCUT2D eigenvalue weighted by Crippen LogP contribution is 2.36. The summed E-state index contributed by atoms with van der Waals surface area (Å²) >= 11 is 0. The molecule has 3 rings (SSSR count). The van der Waals surface area contributed by atoms with E-state index >= 15 is 0 Å². The molecule has 0 unspecified atom stereocenters. The molecule has 0 aromatic heterocycles. The maximum absolute atomic E-state index is 12.9. The molecule has 180 valence electrons. The van der Waals surface area contributed by atoms with Gasteiger partial charge < -0.3 is 15.1 Å². The normalized spacial score (nSPS) is 14.4. The first-order chi connectivity index (χ1) is 15.6. The Morgan fingerprint density at radius 3 is 2.30 bits per heavy atom. The Morgan fingerprint density at radius 1 is 1.09 bits per heavy atom. The highest BCUT2D eigenvalue weighted by Gasteiger charge is 2.31. The standard InChI is InChI=1S/C20H20F3N3O5.C2H6/c21-20(22,23)14-2-1-3-15(12-14)25-8-6-24(7-9-25)5-4-17(27)13-10-16(26(30)31)19(29)18(28)11-13;1-2/h1-3,10-12,28-29H,4-9H2;1-2H3. The van der Waals surface area contributed by atoms with Crippen LogP contribution >= 0.6 is 0 Å². The van der Waals surface area contributed by atoms with Crippen LogP contribution in [0.4, 0.5) is 24.5 Å². The predicted octanol–water partition coefficient (Wildman–Crippen LogP) is 4.45. The van der Waals surface area contributed by atoms with Crippen molar-refractivity contribution in [2.45, 2.75) is 26.4 Å². The van der Waals surface area contributed by atoms with Crippen LogP contribution in [-0.4, -0.2) is 58.5 Å². The molecule has 1 heterocycles. The Balaban J connectivity index is 0.00000187. The summed E-state index contributed by atoms with van der Waals surface area (Å²) in [6.45, 7) is 6.39. The van der Waals surface area contributed by atoms with Crippen LogP contribution in [-0.2, 0) is 6.18 Å². The summed E-state index contributed by atoms with van der Waals surface area (Å²) in [6.07, 6.45) is -4.37. The second-order valence-corrected chi connectivity index (χ2v) is 7.17. The molecule has 2 aromatic carbocycles. The third kappa shape index (κ3) is 6.58. The average molecular weight is 469 g/mol. The molecular weight excluding hydrogens is 443 g/mol. The Bertz CT molecular complexity index is 990. The van der Waals surface area contributed by atoms with Crippen LogP contribution in [0.3, 0.4) is 0 Å². The van der Waals surface area contributed by atoms with Crippen LogP contribution in [0.5, 0.6) is 11.5 Å². The lowest BCUT2D eigenvalue weighted by atomic mass is 10.1. The van der Waals surface area contributed by atoms with Crippen LogP contribution in [0.2, 0.25) is 0 Å². The molecule has 11 heteroatoms. The van der Waals surface area contributed by atoms with Crippen molar-refractivity contribution in [3.8, 4) is 11.5 Å². The second-order valence-electron chi connectivity index (χ2n) is 7.17. The van der Waals surface area contributed by atoms with Gasteiger partial charge in [-0.2, -0.15) is 13.2 Å². The Kier molecular flexibility index (Phi) is 8.63. The van der Waals surface area contributed by atoms with Crippen LogP contribution in [0.25, 0.3) is 0 Å². The van der Waals surface area contributed by atoms with Crippen molar-refractivity contribution in [2.75, 3.05) is 37.6 Å². The van der Waals surface area contributed by atoms with Crippen LogP contribution in [0, 0.1) is 10.1 Å². The molecule has 33 heavy (non-hydrogen) atoms. The molecular formula is C22H26F3N3O5. The fourth-order valence-corrected chi connectivity index (χ4v) is 3.42. The van der Waals surface area contributed by atoms with Gasteiger partial charge in [-0.15, -0.1) is 0 Å². The van der Waals surface area contributed by atoms with Crippen molar-refractivity contribution in [1.82, 2.24) is 4.90 Å². The number of hydrogen-bond acceptors (Lipinski definition) is 7. The number of piperazine rings is 1. The van der Waals surface area contributed by atoms with Gasteiger partial charge in [-0.25, -0.2) is 0 Å². The molecule has 0 aliphatic carbocycles. The smallest absolute Gasteiger partial charge is 0.416 e. The molecule has 0 spiro atoms. The number of alkyl halides is 3. The number of nitro benzene ring substituents is 1. The average Bonchev–Trinajstić information content (AvgIpc) is 2.80. The summed E-state index contributed by atoms with van der Waals surface area (Å²) in [4.78, 5) is 26.2. The first kappa shape index (κ1) is 25.9. The maximum atomic E-state index is 12.9. The van der Waals surface area contributed by atoms with E-state index in [-0.39, 0.29) is 12.0 Å². The molecule has 1 fully saturated rings. The molecule has 0 amide bonds. The van der Waals surface area contributed by atoms with Gasteiger partial charge in [0.25, 0.3) is 0 Å². The van der Waals surface area contributed by atoms with E-state index in [4.69, 9.17) is 0 Å². The van der Waals surface area contributed by atoms with Crippen LogP contribution < -0.4 is 4.90 Å². The Morgan fingerprint density at radius 2 is 1.73 bits per heavy atom. The minimum atomic E-state index is -4.41. The van der Waals surface area contributed by atoms with Crippen molar-refractivity contribution in [3.63, 3.8) is 0 Å². The number of benzene rings is 2. The first-order valence-electron chi connectivity index (χ1n) is 10.4. The molecule has 2 aromatic rings. The number of rotatable bonds is 6. The number of Topliss-reactive ketones (excluding diaryl/α,β-unsaturated/α-hetero) is 1. The van der Waals surface area contributed by atoms with Crippen molar-refractivity contribution >= 4 is 17.2 Å². The minimum absolute atomic E-state index is 0.0327. The fraction of sp³-hybridized carbons (Fsp3) is 0.409. The lowest BCUT2D eigenvalue weighted by molar-refractivity contribution is -0.386. The predicted molar refractivity (Wildman–Crippen MR) is 117 cm³/mol. The number of nitrogens with zero attached hydrogens (tertiary/aromatic N) is 3. The molecule has 8 nitrogen and oxygen atoms in total. The Hall–Kier alpha value is -3.34. The van der Waals surface area contributed by atoms with E-state index in [2.05, 4.69) is 0 Å². The van der Waals surface area contributed by atoms with E-state index in [0.717, 1.165) is 24.3 Å². The summed E-state index contributed by atoms with van der Waals surface area (Å²) in [5, 5.41) is 30.0. The first-order valence-corrected chi connectivity index (χ1v) is 10.4. The summed E-state index contributed by atoms with van der Waals surface area (Å²) in [7, 11) is 0. The second kappa shape index (κ2) is 11.0. The van der Waals surface area contributed by atoms with E-state index in [1.807, 2.05) is 23.6 Å². The van der Waals surface area contributed by atoms with Crippen molar-refractivity contribution < 1.29 is 33.1 Å². The van der Waals surface area contributed by atoms with Gasteiger partial charge in [-0.1, -0.05) is 19.9 Å². The monoisotopic (exact) mass is 469 g/mol. The van der Waals surface area contributed by atoms with Gasteiger partial charge in [0, 0.05) is 56.5 Å². The SMILES string of the molecule is CC.O=C(CCN1CCN(c2cccc(C(F)(F)F)c2)CC1)c1cc(O)c(O)c([N+](=O)[O-])c1. The number of ketones is 1. The number of phenolic OH excluding ortho intramolecular Hbond substituents is 2. The zero-order chi connectivity index (χ0) is 24.8. The van der Waals surface area contributed by atoms with Crippen LogP contribution in [0.1, 0.15) is 36.2 Å². The number of halogens is 3. The quantitative estimate of drug-likeness (QED) is 0.279. The molecule has 0 saturated carbocycles. The van der Waals surface area contributed by atoms with Crippen molar-refractivity contribution in [1.29, 1.82) is 0 Å². The number of anilines is 1. The molecule has 1 aliphatic heterocycles. The molecule has 0 radical (unpaired) electrons. The van der Waals surface area contributed by atoms with Gasteiger partial charge in [0.05, 0.1) is 10.5 Å². The number of nitro groups is 1. The highest BCUT2D eigenvalue weighted by atomic mass is 19.4. The third-order valence-electron chi connectivity index (χ3n) is 5.15. The summed E-state index contributed by atoms with van der Waals surface area (Å²) in [6, 6.07) is 7.04. The zero-order valence-electron chi connectivity index (χ0n) is 18.3. The maximum Gasteiger partial charge on any atom is 0.416 e. The van der Waals surface area contributed by atoms with Crippen LogP contribution in [0.15, 0.2) is 36.4 Å². The lowest BCUT2D eigenvalue weighted by Crippen LogP contribution is -2.47. The highest BCUT2D eigenvalue weighted by molar-refractivity contribution is 5.97. The number of phenols is 2. The number of hydrogen-bond donors (Lipinski definition) is 2. The molecule has 0 bridgehead atoms. The van der Waals surface area contributed by atoms with Crippen molar-refractivity contribution in [3.05, 3.63) is 57.6 Å². The largest absolute Gasteiger partial charge is 0.504 e. The lowest BCUT2D eigenvalue weighted by Gasteiger charge is -2.36. The topological polar surface area (TPSA) is 107 Å². The molecule has 1 saturated heterocycles. The summed E-state index contributed by atoms with van der Waals surface area (Å²) in [5.74, 6) is -2.07. The summed E-state index contributed by atoms with van der Waals surface area (Å²) < 4.78 is 38.7. The molecule has 1 aliphatic rings. The number of aromatic hydroxyl groups is 2. The van der Waals surface area contributed by atoms with Crippen molar-refractivity contribution in [2.24, 2.45) is 0 Å². The number of carbonyl (C=O) groups excluding carboxylic acids is 1. The molecule has 0 atom stereocenters.